The molecule has 2 bridgehead atoms. The molecular weight excluding hydrogens is 242 g/mol. The molecule has 1 amide bonds. The zero-order valence-electron chi connectivity index (χ0n) is 10.9. The minimum atomic E-state index is -0.486. The van der Waals surface area contributed by atoms with E-state index in [0.717, 1.165) is 38.5 Å². The molecule has 1 heterocycles. The molecule has 19 heavy (non-hydrogen) atoms. The van der Waals surface area contributed by atoms with Crippen molar-refractivity contribution in [2.24, 2.45) is 0 Å². The molecule has 4 rings (SSSR count). The predicted octanol–water partition coefficient (Wildman–Crippen LogP) is 1.23. The topological polar surface area (TPSA) is 88.2 Å². The highest BCUT2D eigenvalue weighted by Crippen LogP contribution is 2.46. The van der Waals surface area contributed by atoms with Gasteiger partial charge in [-0.25, -0.2) is 4.98 Å². The van der Waals surface area contributed by atoms with Crippen molar-refractivity contribution < 1.29 is 9.90 Å². The van der Waals surface area contributed by atoms with E-state index in [4.69, 9.17) is 5.73 Å². The van der Waals surface area contributed by atoms with Crippen LogP contribution in [0.25, 0.3) is 0 Å². The quantitative estimate of drug-likeness (QED) is 0.747. The van der Waals surface area contributed by atoms with Gasteiger partial charge in [-0.3, -0.25) is 4.79 Å². The van der Waals surface area contributed by atoms with Crippen LogP contribution in [-0.4, -0.2) is 27.1 Å². The number of carbonyl (C=O) groups excluding carboxylic acids is 1. The van der Waals surface area contributed by atoms with Crippen molar-refractivity contribution in [3.8, 4) is 0 Å². The molecule has 3 aliphatic rings. The smallest absolute Gasteiger partial charge is 0.255 e. The molecule has 5 nitrogen and oxygen atoms in total. The van der Waals surface area contributed by atoms with Gasteiger partial charge in [0.25, 0.3) is 5.91 Å². The van der Waals surface area contributed by atoms with Gasteiger partial charge in [0.05, 0.1) is 11.2 Å². The summed E-state index contributed by atoms with van der Waals surface area (Å²) in [5.74, 6) is 0.109. The lowest BCUT2D eigenvalue weighted by molar-refractivity contribution is -0.0702. The molecule has 0 spiro atoms. The van der Waals surface area contributed by atoms with Crippen LogP contribution in [0.4, 0.5) is 5.82 Å². The maximum atomic E-state index is 12.3. The summed E-state index contributed by atoms with van der Waals surface area (Å²) in [6.45, 7) is 0. The van der Waals surface area contributed by atoms with Crippen LogP contribution >= 0.6 is 0 Å². The van der Waals surface area contributed by atoms with Crippen LogP contribution in [-0.2, 0) is 0 Å². The molecule has 3 aliphatic carbocycles. The molecule has 1 aromatic rings. The first-order valence-corrected chi connectivity index (χ1v) is 6.77. The first-order valence-electron chi connectivity index (χ1n) is 6.77. The molecule has 102 valence electrons. The molecule has 0 atom stereocenters. The Morgan fingerprint density at radius 3 is 2.47 bits per heavy atom. The van der Waals surface area contributed by atoms with Crippen molar-refractivity contribution in [3.63, 3.8) is 0 Å². The van der Waals surface area contributed by atoms with E-state index in [1.807, 2.05) is 0 Å². The number of nitrogens with two attached hydrogens (primary N) is 1. The molecule has 4 N–H and O–H groups in total. The minimum absolute atomic E-state index is 0.155. The van der Waals surface area contributed by atoms with E-state index >= 15 is 0 Å². The largest absolute Gasteiger partial charge is 0.390 e. The molecule has 0 saturated heterocycles. The van der Waals surface area contributed by atoms with Gasteiger partial charge in [-0.1, -0.05) is 0 Å². The monoisotopic (exact) mass is 261 g/mol. The Morgan fingerprint density at radius 2 is 1.89 bits per heavy atom. The molecule has 3 fully saturated rings. The number of fused-ring (bicyclic) bond motifs is 3. The molecule has 0 aliphatic heterocycles. The van der Waals surface area contributed by atoms with Gasteiger partial charge < -0.3 is 16.2 Å². The number of aliphatic hydroxyl groups is 1. The number of nitrogens with zero attached hydrogens (tertiary/aromatic N) is 1. The Labute approximate surface area is 112 Å². The van der Waals surface area contributed by atoms with E-state index in [-0.39, 0.29) is 17.3 Å². The molecule has 0 unspecified atom stereocenters. The molecular formula is C14H19N3O2. The van der Waals surface area contributed by atoms with Crippen LogP contribution in [0.15, 0.2) is 18.3 Å². The number of amides is 1. The van der Waals surface area contributed by atoms with Crippen molar-refractivity contribution in [2.45, 2.75) is 49.7 Å². The lowest BCUT2D eigenvalue weighted by atomic mass is 9.63. The lowest BCUT2D eigenvalue weighted by Gasteiger charge is -2.51. The van der Waals surface area contributed by atoms with Crippen LogP contribution in [0.1, 0.15) is 48.9 Å². The average Bonchev–Trinajstić information content (AvgIpc) is 2.41. The summed E-state index contributed by atoms with van der Waals surface area (Å²) in [6.07, 6.45) is 6.42. The van der Waals surface area contributed by atoms with Gasteiger partial charge in [-0.05, 0) is 50.7 Å². The SMILES string of the molecule is Nc1ncccc1C(=O)NC12CCC(O)(CC1)CC2. The number of nitrogens with one attached hydrogen (secondary N) is 1. The summed E-state index contributed by atoms with van der Waals surface area (Å²) in [7, 11) is 0. The van der Waals surface area contributed by atoms with Crippen molar-refractivity contribution >= 4 is 11.7 Å². The molecule has 5 heteroatoms. The Bertz CT molecular complexity index is 491. The summed E-state index contributed by atoms with van der Waals surface area (Å²) in [5.41, 5.74) is 5.51. The highest BCUT2D eigenvalue weighted by molar-refractivity contribution is 5.98. The van der Waals surface area contributed by atoms with Crippen LogP contribution in [0, 0.1) is 0 Å². The van der Waals surface area contributed by atoms with Crippen molar-refractivity contribution in [3.05, 3.63) is 23.9 Å². The summed E-state index contributed by atoms with van der Waals surface area (Å²) < 4.78 is 0. The number of rotatable bonds is 2. The second-order valence-electron chi connectivity index (χ2n) is 5.89. The Balaban J connectivity index is 1.76. The number of anilines is 1. The first-order chi connectivity index (χ1) is 9.02. The van der Waals surface area contributed by atoms with E-state index in [2.05, 4.69) is 10.3 Å². The molecule has 1 aromatic heterocycles. The van der Waals surface area contributed by atoms with Crippen molar-refractivity contribution in [1.29, 1.82) is 0 Å². The maximum absolute atomic E-state index is 12.3. The lowest BCUT2D eigenvalue weighted by Crippen LogP contribution is -2.58. The number of aromatic nitrogens is 1. The number of pyridine rings is 1. The van der Waals surface area contributed by atoms with Crippen LogP contribution in [0.5, 0.6) is 0 Å². The zero-order chi connectivity index (χ0) is 13.5. The molecule has 0 radical (unpaired) electrons. The highest BCUT2D eigenvalue weighted by Gasteiger charge is 2.48. The van der Waals surface area contributed by atoms with Crippen molar-refractivity contribution in [1.82, 2.24) is 10.3 Å². The van der Waals surface area contributed by atoms with E-state index in [1.54, 1.807) is 18.3 Å². The van der Waals surface area contributed by atoms with Gasteiger partial charge in [0.1, 0.15) is 5.82 Å². The van der Waals surface area contributed by atoms with E-state index < -0.39 is 5.60 Å². The number of hydrogen-bond acceptors (Lipinski definition) is 4. The van der Waals surface area contributed by atoms with E-state index in [9.17, 15) is 9.90 Å². The van der Waals surface area contributed by atoms with E-state index in [0.29, 0.717) is 5.56 Å². The fourth-order valence-corrected chi connectivity index (χ4v) is 3.27. The maximum Gasteiger partial charge on any atom is 0.255 e. The third-order valence-corrected chi connectivity index (χ3v) is 4.67. The van der Waals surface area contributed by atoms with E-state index in [1.165, 1.54) is 0 Å². The molecule has 3 saturated carbocycles. The fourth-order valence-electron chi connectivity index (χ4n) is 3.27. The zero-order valence-corrected chi connectivity index (χ0v) is 10.9. The van der Waals surface area contributed by atoms with Gasteiger partial charge in [0.15, 0.2) is 0 Å². The Morgan fingerprint density at radius 1 is 1.26 bits per heavy atom. The first kappa shape index (κ1) is 12.4. The third kappa shape index (κ3) is 2.18. The highest BCUT2D eigenvalue weighted by atomic mass is 16.3. The van der Waals surface area contributed by atoms with Crippen LogP contribution < -0.4 is 11.1 Å². The van der Waals surface area contributed by atoms with Gasteiger partial charge in [-0.2, -0.15) is 0 Å². The number of nitrogen functional groups attached to an aromatic ring is 1. The normalized spacial score (nSPS) is 33.1. The summed E-state index contributed by atoms with van der Waals surface area (Å²) in [5, 5.41) is 13.3. The van der Waals surface area contributed by atoms with Crippen LogP contribution in [0.2, 0.25) is 0 Å². The molecule has 0 aromatic carbocycles. The summed E-state index contributed by atoms with van der Waals surface area (Å²) in [6, 6.07) is 3.40. The Hall–Kier alpha value is -1.62. The summed E-state index contributed by atoms with van der Waals surface area (Å²) >= 11 is 0. The van der Waals surface area contributed by atoms with Gasteiger partial charge in [0.2, 0.25) is 0 Å². The van der Waals surface area contributed by atoms with Gasteiger partial charge in [-0.15, -0.1) is 0 Å². The van der Waals surface area contributed by atoms with Gasteiger partial charge >= 0.3 is 0 Å². The number of carbonyl (C=O) groups is 1. The second kappa shape index (κ2) is 4.20. The minimum Gasteiger partial charge on any atom is -0.390 e. The van der Waals surface area contributed by atoms with Gasteiger partial charge in [0, 0.05) is 11.7 Å². The van der Waals surface area contributed by atoms with Crippen molar-refractivity contribution in [2.75, 3.05) is 5.73 Å². The average molecular weight is 261 g/mol. The fraction of sp³-hybridized carbons (Fsp3) is 0.571. The number of hydrogen-bond donors (Lipinski definition) is 3. The second-order valence-corrected chi connectivity index (χ2v) is 5.89. The Kier molecular flexibility index (Phi) is 2.74. The third-order valence-electron chi connectivity index (χ3n) is 4.67. The predicted molar refractivity (Wildman–Crippen MR) is 71.5 cm³/mol. The standard InChI is InChI=1S/C14H19N3O2/c15-11-10(2-1-9-16-11)12(18)17-13-3-6-14(19,7-4-13)8-5-13/h1-2,9,19H,3-8H2,(H2,15,16)(H,17,18). The van der Waals surface area contributed by atoms with Crippen LogP contribution in [0.3, 0.4) is 0 Å². The summed E-state index contributed by atoms with van der Waals surface area (Å²) in [4.78, 5) is 16.2.